The van der Waals surface area contributed by atoms with Crippen LogP contribution < -0.4 is 5.73 Å². The number of hydrogen-bond donors (Lipinski definition) is 1. The Bertz CT molecular complexity index is 338. The Hall–Kier alpha value is -0.900. The van der Waals surface area contributed by atoms with Crippen molar-refractivity contribution in [3.63, 3.8) is 0 Å². The molecule has 3 heteroatoms. The summed E-state index contributed by atoms with van der Waals surface area (Å²) in [4.78, 5) is 2.58. The number of rotatable bonds is 10. The quantitative estimate of drug-likeness (QED) is 0.714. The first-order valence-corrected chi connectivity index (χ1v) is 7.78. The Kier molecular flexibility index (Phi) is 8.51. The molecule has 0 bridgehead atoms. The maximum atomic E-state index is 5.86. The van der Waals surface area contributed by atoms with Crippen LogP contribution in [0.4, 0.5) is 0 Å². The number of ether oxygens (including phenoxy) is 1. The van der Waals surface area contributed by atoms with Crippen LogP contribution in [0.1, 0.15) is 44.7 Å². The minimum Gasteiger partial charge on any atom is -0.383 e. The average molecular weight is 278 g/mol. The highest BCUT2D eigenvalue weighted by Crippen LogP contribution is 2.27. The fourth-order valence-corrected chi connectivity index (χ4v) is 2.90. The second-order valence-electron chi connectivity index (χ2n) is 5.20. The van der Waals surface area contributed by atoms with Gasteiger partial charge in [-0.25, -0.2) is 0 Å². The molecule has 0 amide bonds. The lowest BCUT2D eigenvalue weighted by molar-refractivity contribution is 0.0760. The van der Waals surface area contributed by atoms with Crippen molar-refractivity contribution in [2.45, 2.75) is 45.2 Å². The van der Waals surface area contributed by atoms with Crippen LogP contribution in [0, 0.1) is 0 Å². The number of hydrogen-bond acceptors (Lipinski definition) is 3. The largest absolute Gasteiger partial charge is 0.383 e. The molecule has 0 aromatic heterocycles. The lowest BCUT2D eigenvalue weighted by Crippen LogP contribution is -2.40. The highest BCUT2D eigenvalue weighted by atomic mass is 16.5. The molecular formula is C17H30N2O. The van der Waals surface area contributed by atoms with Crippen molar-refractivity contribution in [2.24, 2.45) is 5.73 Å². The molecule has 1 rings (SSSR count). The molecule has 0 saturated carbocycles. The summed E-state index contributed by atoms with van der Waals surface area (Å²) in [5.41, 5.74) is 7.22. The zero-order valence-corrected chi connectivity index (χ0v) is 13.2. The molecule has 0 aliphatic rings. The zero-order valence-electron chi connectivity index (χ0n) is 13.2. The Balaban J connectivity index is 2.96. The van der Waals surface area contributed by atoms with Crippen LogP contribution >= 0.6 is 0 Å². The monoisotopic (exact) mass is 278 g/mol. The van der Waals surface area contributed by atoms with Gasteiger partial charge in [0.2, 0.25) is 0 Å². The molecule has 114 valence electrons. The van der Waals surface area contributed by atoms with Gasteiger partial charge in [-0.15, -0.1) is 0 Å². The fraction of sp³-hybridized carbons (Fsp3) is 0.647. The molecule has 20 heavy (non-hydrogen) atoms. The second kappa shape index (κ2) is 9.92. The smallest absolute Gasteiger partial charge is 0.0590 e. The average Bonchev–Trinajstić information content (AvgIpc) is 2.50. The molecule has 0 heterocycles. The number of benzene rings is 1. The predicted molar refractivity (Wildman–Crippen MR) is 85.8 cm³/mol. The van der Waals surface area contributed by atoms with Gasteiger partial charge in [0.25, 0.3) is 0 Å². The number of methoxy groups -OCH3 is 1. The third-order valence-electron chi connectivity index (χ3n) is 3.99. The minimum absolute atomic E-state index is 0.390. The molecule has 0 radical (unpaired) electrons. The van der Waals surface area contributed by atoms with Crippen LogP contribution in [-0.4, -0.2) is 37.7 Å². The van der Waals surface area contributed by atoms with E-state index in [1.54, 1.807) is 7.11 Å². The molecule has 1 aromatic carbocycles. The van der Waals surface area contributed by atoms with Crippen LogP contribution in [0.3, 0.4) is 0 Å². The molecule has 2 N–H and O–H groups in total. The van der Waals surface area contributed by atoms with Gasteiger partial charge in [0.05, 0.1) is 6.61 Å². The van der Waals surface area contributed by atoms with Crippen molar-refractivity contribution in [3.8, 4) is 0 Å². The summed E-state index contributed by atoms with van der Waals surface area (Å²) in [5, 5.41) is 0. The van der Waals surface area contributed by atoms with E-state index in [-0.39, 0.29) is 0 Å². The van der Waals surface area contributed by atoms with Crippen molar-refractivity contribution >= 4 is 0 Å². The van der Waals surface area contributed by atoms with Crippen LogP contribution in [-0.2, 0) is 4.74 Å². The van der Waals surface area contributed by atoms with Gasteiger partial charge >= 0.3 is 0 Å². The molecule has 0 aliphatic carbocycles. The first kappa shape index (κ1) is 17.2. The van der Waals surface area contributed by atoms with Gasteiger partial charge in [-0.05, 0) is 31.4 Å². The Morgan fingerprint density at radius 1 is 1.15 bits per heavy atom. The van der Waals surface area contributed by atoms with Crippen LogP contribution in [0.2, 0.25) is 0 Å². The summed E-state index contributed by atoms with van der Waals surface area (Å²) in [6.07, 6.45) is 3.31. The minimum atomic E-state index is 0.390. The van der Waals surface area contributed by atoms with E-state index in [2.05, 4.69) is 49.1 Å². The van der Waals surface area contributed by atoms with Gasteiger partial charge < -0.3 is 10.5 Å². The molecular weight excluding hydrogens is 248 g/mol. The summed E-state index contributed by atoms with van der Waals surface area (Å²) in [7, 11) is 1.77. The molecule has 0 spiro atoms. The fourth-order valence-electron chi connectivity index (χ4n) is 2.90. The summed E-state index contributed by atoms with van der Waals surface area (Å²) in [5.74, 6) is 0. The highest BCUT2D eigenvalue weighted by molar-refractivity contribution is 5.19. The van der Waals surface area contributed by atoms with E-state index in [1.807, 2.05) is 0 Å². The first-order chi connectivity index (χ1) is 9.78. The van der Waals surface area contributed by atoms with Gasteiger partial charge in [-0.1, -0.05) is 44.2 Å². The van der Waals surface area contributed by atoms with Gasteiger partial charge in [0.15, 0.2) is 0 Å². The van der Waals surface area contributed by atoms with Crippen molar-refractivity contribution in [1.29, 1.82) is 0 Å². The molecule has 0 fully saturated rings. The van der Waals surface area contributed by atoms with Crippen LogP contribution in [0.25, 0.3) is 0 Å². The topological polar surface area (TPSA) is 38.5 Å². The Morgan fingerprint density at radius 2 is 1.80 bits per heavy atom. The van der Waals surface area contributed by atoms with E-state index in [1.165, 1.54) is 5.56 Å². The highest BCUT2D eigenvalue weighted by Gasteiger charge is 2.24. The molecule has 3 nitrogen and oxygen atoms in total. The van der Waals surface area contributed by atoms with Crippen LogP contribution in [0.15, 0.2) is 30.3 Å². The molecule has 1 unspecified atom stereocenters. The van der Waals surface area contributed by atoms with E-state index in [9.17, 15) is 0 Å². The lowest BCUT2D eigenvalue weighted by Gasteiger charge is -2.37. The van der Waals surface area contributed by atoms with Crippen molar-refractivity contribution in [1.82, 2.24) is 4.90 Å². The van der Waals surface area contributed by atoms with Crippen molar-refractivity contribution in [3.05, 3.63) is 35.9 Å². The van der Waals surface area contributed by atoms with Crippen molar-refractivity contribution < 1.29 is 4.74 Å². The summed E-state index contributed by atoms with van der Waals surface area (Å²) < 4.78 is 5.30. The zero-order chi connectivity index (χ0) is 14.8. The van der Waals surface area contributed by atoms with Gasteiger partial charge in [0.1, 0.15) is 0 Å². The third kappa shape index (κ3) is 4.89. The van der Waals surface area contributed by atoms with Gasteiger partial charge in [-0.3, -0.25) is 4.90 Å². The number of nitrogens with zero attached hydrogens (tertiary/aromatic N) is 1. The Labute approximate surface area is 124 Å². The lowest BCUT2D eigenvalue weighted by atomic mass is 9.98. The molecule has 0 aliphatic heterocycles. The predicted octanol–water partition coefficient (Wildman–Crippen LogP) is 3.21. The maximum Gasteiger partial charge on any atom is 0.0590 e. The van der Waals surface area contributed by atoms with E-state index < -0.39 is 0 Å². The van der Waals surface area contributed by atoms with Crippen molar-refractivity contribution in [2.75, 3.05) is 26.8 Å². The summed E-state index contributed by atoms with van der Waals surface area (Å²) in [6, 6.07) is 11.7. The SMILES string of the molecule is CCC(CC)N(CCOC)C(CCN)c1ccccc1. The third-order valence-corrected chi connectivity index (χ3v) is 3.99. The molecule has 0 saturated heterocycles. The summed E-state index contributed by atoms with van der Waals surface area (Å²) >= 11 is 0. The van der Waals surface area contributed by atoms with E-state index in [4.69, 9.17) is 10.5 Å². The maximum absolute atomic E-state index is 5.86. The first-order valence-electron chi connectivity index (χ1n) is 7.78. The summed E-state index contributed by atoms with van der Waals surface area (Å²) in [6.45, 7) is 6.97. The Morgan fingerprint density at radius 3 is 2.30 bits per heavy atom. The second-order valence-corrected chi connectivity index (χ2v) is 5.20. The molecule has 1 atom stereocenters. The molecule has 1 aromatic rings. The van der Waals surface area contributed by atoms with Crippen LogP contribution in [0.5, 0.6) is 0 Å². The van der Waals surface area contributed by atoms with E-state index >= 15 is 0 Å². The van der Waals surface area contributed by atoms with Gasteiger partial charge in [-0.2, -0.15) is 0 Å². The normalized spacial score (nSPS) is 13.1. The standard InChI is InChI=1S/C17H30N2O/c1-4-16(5-2)19(13-14-20-3)17(11-12-18)15-9-7-6-8-10-15/h6-10,16-17H,4-5,11-14,18H2,1-3H3. The van der Waals surface area contributed by atoms with E-state index in [0.29, 0.717) is 18.6 Å². The van der Waals surface area contributed by atoms with Gasteiger partial charge in [0, 0.05) is 25.7 Å². The van der Waals surface area contributed by atoms with E-state index in [0.717, 1.165) is 32.4 Å². The number of nitrogens with two attached hydrogens (primary N) is 1.